The molecule has 152 valence electrons. The van der Waals surface area contributed by atoms with E-state index < -0.39 is 0 Å². The molecule has 29 heavy (non-hydrogen) atoms. The van der Waals surface area contributed by atoms with Crippen LogP contribution in [0.3, 0.4) is 0 Å². The van der Waals surface area contributed by atoms with Gasteiger partial charge in [-0.1, -0.05) is 36.4 Å². The van der Waals surface area contributed by atoms with E-state index in [1.807, 2.05) is 12.1 Å². The highest BCUT2D eigenvalue weighted by molar-refractivity contribution is 5.70. The van der Waals surface area contributed by atoms with Crippen molar-refractivity contribution in [1.82, 2.24) is 10.2 Å². The number of rotatable bonds is 2. The van der Waals surface area contributed by atoms with Crippen LogP contribution in [0.1, 0.15) is 22.7 Å². The van der Waals surface area contributed by atoms with Crippen molar-refractivity contribution < 1.29 is 18.7 Å². The molecule has 2 saturated heterocycles. The third-order valence-corrected chi connectivity index (χ3v) is 6.35. The number of nitrogens with zero attached hydrogens (tertiary/aromatic N) is 1. The van der Waals surface area contributed by atoms with E-state index in [1.54, 1.807) is 17.0 Å². The SMILES string of the molecule is O=C(OC1C2CNC[C@@H]1COC2)N1CCc2ccccc2[C@@H]1c1ccc(F)cc1. The summed E-state index contributed by atoms with van der Waals surface area (Å²) in [5.74, 6) is 0.0927. The molecule has 2 bridgehead atoms. The molecule has 2 aromatic rings. The van der Waals surface area contributed by atoms with Gasteiger partial charge < -0.3 is 14.8 Å². The molecule has 0 aliphatic carbocycles. The number of amides is 1. The quantitative estimate of drug-likeness (QED) is 0.847. The van der Waals surface area contributed by atoms with Gasteiger partial charge in [-0.3, -0.25) is 4.90 Å². The molecule has 4 atom stereocenters. The lowest BCUT2D eigenvalue weighted by Gasteiger charge is -2.44. The molecule has 2 aromatic carbocycles. The first kappa shape index (κ1) is 18.6. The summed E-state index contributed by atoms with van der Waals surface area (Å²) >= 11 is 0. The Bertz CT molecular complexity index is 866. The van der Waals surface area contributed by atoms with Crippen molar-refractivity contribution in [2.75, 3.05) is 32.8 Å². The van der Waals surface area contributed by atoms with Gasteiger partial charge in [0.05, 0.1) is 19.3 Å². The van der Waals surface area contributed by atoms with Crippen LogP contribution >= 0.6 is 0 Å². The van der Waals surface area contributed by atoms with E-state index in [0.717, 1.165) is 30.6 Å². The lowest BCUT2D eigenvalue weighted by atomic mass is 9.85. The summed E-state index contributed by atoms with van der Waals surface area (Å²) in [5.41, 5.74) is 3.19. The molecule has 6 heteroatoms. The number of ether oxygens (including phenoxy) is 2. The summed E-state index contributed by atoms with van der Waals surface area (Å²) in [5, 5.41) is 3.40. The Kier molecular flexibility index (Phi) is 4.97. The van der Waals surface area contributed by atoms with Crippen LogP contribution in [-0.2, 0) is 15.9 Å². The van der Waals surface area contributed by atoms with Crippen LogP contribution in [0.25, 0.3) is 0 Å². The second-order valence-electron chi connectivity index (χ2n) is 8.16. The molecule has 0 saturated carbocycles. The van der Waals surface area contributed by atoms with Crippen molar-refractivity contribution in [2.24, 2.45) is 11.8 Å². The fourth-order valence-electron chi connectivity index (χ4n) is 4.89. The minimum atomic E-state index is -0.294. The second kappa shape index (κ2) is 7.76. The van der Waals surface area contributed by atoms with E-state index in [-0.39, 0.29) is 35.9 Å². The zero-order valence-electron chi connectivity index (χ0n) is 16.2. The van der Waals surface area contributed by atoms with Crippen molar-refractivity contribution in [3.63, 3.8) is 0 Å². The largest absolute Gasteiger partial charge is 0.445 e. The van der Waals surface area contributed by atoms with Gasteiger partial charge in [-0.2, -0.15) is 0 Å². The third-order valence-electron chi connectivity index (χ3n) is 6.35. The molecule has 3 aliphatic rings. The van der Waals surface area contributed by atoms with Crippen LogP contribution in [0.5, 0.6) is 0 Å². The topological polar surface area (TPSA) is 50.8 Å². The summed E-state index contributed by atoms with van der Waals surface area (Å²) < 4.78 is 25.3. The number of carbonyl (C=O) groups excluding carboxylic acids is 1. The molecule has 0 aromatic heterocycles. The fourth-order valence-corrected chi connectivity index (χ4v) is 4.89. The first-order chi connectivity index (χ1) is 14.2. The smallest absolute Gasteiger partial charge is 0.410 e. The lowest BCUT2D eigenvalue weighted by Crippen LogP contribution is -2.56. The number of benzene rings is 2. The van der Waals surface area contributed by atoms with Crippen LogP contribution in [-0.4, -0.2) is 49.9 Å². The van der Waals surface area contributed by atoms with Gasteiger partial charge >= 0.3 is 6.09 Å². The first-order valence-electron chi connectivity index (χ1n) is 10.3. The Labute approximate surface area is 169 Å². The minimum absolute atomic E-state index is 0.122. The first-order valence-corrected chi connectivity index (χ1v) is 10.3. The van der Waals surface area contributed by atoms with E-state index in [4.69, 9.17) is 9.47 Å². The number of halogens is 1. The Hall–Kier alpha value is -2.44. The van der Waals surface area contributed by atoms with Gasteiger partial charge in [0.2, 0.25) is 0 Å². The zero-order valence-corrected chi connectivity index (χ0v) is 16.2. The van der Waals surface area contributed by atoms with Gasteiger partial charge in [0.1, 0.15) is 11.9 Å². The van der Waals surface area contributed by atoms with Crippen LogP contribution in [0.4, 0.5) is 9.18 Å². The Morgan fingerprint density at radius 2 is 1.79 bits per heavy atom. The van der Waals surface area contributed by atoms with E-state index in [0.29, 0.717) is 19.8 Å². The Balaban J connectivity index is 1.44. The Morgan fingerprint density at radius 3 is 2.55 bits per heavy atom. The highest BCUT2D eigenvalue weighted by Crippen LogP contribution is 2.36. The number of fused-ring (bicyclic) bond motifs is 3. The molecule has 3 aliphatic heterocycles. The van der Waals surface area contributed by atoms with Crippen LogP contribution in [0.2, 0.25) is 0 Å². The van der Waals surface area contributed by atoms with Crippen molar-refractivity contribution in [3.8, 4) is 0 Å². The number of hydrogen-bond acceptors (Lipinski definition) is 4. The maximum Gasteiger partial charge on any atom is 0.410 e. The fraction of sp³-hybridized carbons (Fsp3) is 0.435. The molecular formula is C23H25FN2O3. The zero-order chi connectivity index (χ0) is 19.8. The maximum atomic E-state index is 13.5. The maximum absolute atomic E-state index is 13.5. The third kappa shape index (κ3) is 3.51. The number of hydrogen-bond donors (Lipinski definition) is 1. The van der Waals surface area contributed by atoms with E-state index in [2.05, 4.69) is 17.4 Å². The number of piperidine rings is 1. The molecule has 1 amide bonds. The Morgan fingerprint density at radius 1 is 1.07 bits per heavy atom. The van der Waals surface area contributed by atoms with E-state index in [9.17, 15) is 9.18 Å². The van der Waals surface area contributed by atoms with E-state index in [1.165, 1.54) is 17.7 Å². The molecule has 3 heterocycles. The predicted molar refractivity (Wildman–Crippen MR) is 106 cm³/mol. The predicted octanol–water partition coefficient (Wildman–Crippen LogP) is 3.14. The molecule has 2 unspecified atom stereocenters. The monoisotopic (exact) mass is 396 g/mol. The van der Waals surface area contributed by atoms with Crippen LogP contribution in [0.15, 0.2) is 48.5 Å². The number of carbonyl (C=O) groups is 1. The highest BCUT2D eigenvalue weighted by atomic mass is 19.1. The second-order valence-corrected chi connectivity index (χ2v) is 8.16. The van der Waals surface area contributed by atoms with Gasteiger partial charge in [-0.15, -0.1) is 0 Å². The molecule has 5 nitrogen and oxygen atoms in total. The normalized spacial score (nSPS) is 28.5. The van der Waals surface area contributed by atoms with Gasteiger partial charge in [-0.25, -0.2) is 9.18 Å². The summed E-state index contributed by atoms with van der Waals surface area (Å²) in [6.07, 6.45) is 0.367. The summed E-state index contributed by atoms with van der Waals surface area (Å²) in [7, 11) is 0. The average Bonchev–Trinajstić information content (AvgIpc) is 2.73. The van der Waals surface area contributed by atoms with Gasteiger partial charge in [0.15, 0.2) is 0 Å². The summed E-state index contributed by atoms with van der Waals surface area (Å²) in [6, 6.07) is 14.3. The molecular weight excluding hydrogens is 371 g/mol. The molecule has 1 N–H and O–H groups in total. The standard InChI is InChI=1S/C23H25FN2O3/c24-19-7-5-16(6-8-19)21-20-4-2-1-3-15(20)9-10-26(21)23(27)29-22-17-11-25-12-18(22)14-28-13-17/h1-8,17-18,21-22,25H,9-14H2/t17-,18?,21+,22?/m1/s1. The minimum Gasteiger partial charge on any atom is -0.445 e. The highest BCUT2D eigenvalue weighted by Gasteiger charge is 2.42. The summed E-state index contributed by atoms with van der Waals surface area (Å²) in [6.45, 7) is 3.42. The molecule has 2 fully saturated rings. The summed E-state index contributed by atoms with van der Waals surface area (Å²) in [4.78, 5) is 15.1. The van der Waals surface area contributed by atoms with Crippen molar-refractivity contribution in [2.45, 2.75) is 18.6 Å². The molecule has 0 radical (unpaired) electrons. The van der Waals surface area contributed by atoms with Crippen LogP contribution in [0, 0.1) is 17.7 Å². The van der Waals surface area contributed by atoms with Gasteiger partial charge in [0, 0.05) is 31.5 Å². The molecule has 0 spiro atoms. The van der Waals surface area contributed by atoms with Crippen LogP contribution < -0.4 is 5.32 Å². The van der Waals surface area contributed by atoms with Crippen molar-refractivity contribution in [3.05, 3.63) is 71.0 Å². The van der Waals surface area contributed by atoms with E-state index >= 15 is 0 Å². The number of nitrogens with one attached hydrogen (secondary N) is 1. The van der Waals surface area contributed by atoms with Crippen molar-refractivity contribution >= 4 is 6.09 Å². The van der Waals surface area contributed by atoms with Crippen molar-refractivity contribution in [1.29, 1.82) is 0 Å². The lowest BCUT2D eigenvalue weighted by molar-refractivity contribution is -0.104. The van der Waals surface area contributed by atoms with Gasteiger partial charge in [-0.05, 0) is 35.2 Å². The molecule has 5 rings (SSSR count). The average molecular weight is 396 g/mol. The van der Waals surface area contributed by atoms with Gasteiger partial charge in [0.25, 0.3) is 0 Å².